The van der Waals surface area contributed by atoms with Crippen molar-refractivity contribution >= 4 is 23.4 Å². The Hall–Kier alpha value is -2.53. The number of hydrogen-bond acceptors (Lipinski definition) is 3. The molecule has 29 heavy (non-hydrogen) atoms. The maximum Gasteiger partial charge on any atom is 0.253 e. The molecule has 1 fully saturated rings. The van der Waals surface area contributed by atoms with E-state index in [0.717, 1.165) is 11.3 Å². The molecule has 2 amide bonds. The number of methoxy groups -OCH3 is 1. The van der Waals surface area contributed by atoms with Crippen LogP contribution in [0.15, 0.2) is 48.5 Å². The van der Waals surface area contributed by atoms with Crippen molar-refractivity contribution in [3.8, 4) is 5.75 Å². The van der Waals surface area contributed by atoms with Gasteiger partial charge in [-0.3, -0.25) is 9.59 Å². The Morgan fingerprint density at radius 3 is 2.62 bits per heavy atom. The van der Waals surface area contributed by atoms with Crippen molar-refractivity contribution in [3.05, 3.63) is 64.7 Å². The zero-order valence-corrected chi connectivity index (χ0v) is 17.8. The van der Waals surface area contributed by atoms with Gasteiger partial charge in [0.2, 0.25) is 5.91 Å². The lowest BCUT2D eigenvalue weighted by Crippen LogP contribution is -2.37. The molecule has 2 aromatic rings. The van der Waals surface area contributed by atoms with Crippen LogP contribution in [0.25, 0.3) is 0 Å². The Labute approximate surface area is 177 Å². The summed E-state index contributed by atoms with van der Waals surface area (Å²) in [7, 11) is 1.62. The minimum absolute atomic E-state index is 0.0205. The second-order valence-electron chi connectivity index (χ2n) is 7.85. The molecule has 0 unspecified atom stereocenters. The molecule has 0 spiro atoms. The van der Waals surface area contributed by atoms with E-state index in [0.29, 0.717) is 36.1 Å². The van der Waals surface area contributed by atoms with Gasteiger partial charge < -0.3 is 15.0 Å². The molecule has 5 nitrogen and oxygen atoms in total. The third-order valence-corrected chi connectivity index (χ3v) is 5.46. The fourth-order valence-corrected chi connectivity index (χ4v) is 3.88. The summed E-state index contributed by atoms with van der Waals surface area (Å²) in [5.74, 6) is 0.556. The van der Waals surface area contributed by atoms with Crippen molar-refractivity contribution in [1.82, 2.24) is 10.2 Å². The molecule has 0 aromatic heterocycles. The number of amides is 2. The largest absolute Gasteiger partial charge is 0.497 e. The summed E-state index contributed by atoms with van der Waals surface area (Å²) < 4.78 is 5.35. The van der Waals surface area contributed by atoms with Crippen LogP contribution in [-0.4, -0.2) is 43.5 Å². The number of rotatable bonds is 6. The van der Waals surface area contributed by atoms with Crippen LogP contribution < -0.4 is 10.1 Å². The van der Waals surface area contributed by atoms with Crippen LogP contribution in [0.2, 0.25) is 5.02 Å². The van der Waals surface area contributed by atoms with Crippen LogP contribution in [0.1, 0.15) is 35.7 Å². The van der Waals surface area contributed by atoms with E-state index < -0.39 is 0 Å². The highest BCUT2D eigenvalue weighted by Gasteiger charge is 2.40. The molecule has 1 aliphatic rings. The molecule has 1 saturated heterocycles. The SMILES string of the molecule is COc1cccc([C@H]2CN(C(=O)c3cccc(Cl)c3)C[C@@H]2C(=O)NCC(C)C)c1. The highest BCUT2D eigenvalue weighted by Crippen LogP contribution is 2.35. The average molecular weight is 415 g/mol. The number of hydrogen-bond donors (Lipinski definition) is 1. The van der Waals surface area contributed by atoms with Crippen molar-refractivity contribution in [3.63, 3.8) is 0 Å². The van der Waals surface area contributed by atoms with Crippen LogP contribution in [0, 0.1) is 11.8 Å². The Morgan fingerprint density at radius 1 is 1.17 bits per heavy atom. The molecule has 3 rings (SSSR count). The van der Waals surface area contributed by atoms with Crippen molar-refractivity contribution in [2.75, 3.05) is 26.7 Å². The Bertz CT molecular complexity index is 884. The van der Waals surface area contributed by atoms with Gasteiger partial charge in [0, 0.05) is 36.1 Å². The molecule has 2 atom stereocenters. The third kappa shape index (κ3) is 5.10. The quantitative estimate of drug-likeness (QED) is 0.777. The number of nitrogens with zero attached hydrogens (tertiary/aromatic N) is 1. The lowest BCUT2D eigenvalue weighted by Gasteiger charge is -2.19. The van der Waals surface area contributed by atoms with E-state index in [1.54, 1.807) is 36.3 Å². The molecule has 1 heterocycles. The summed E-state index contributed by atoms with van der Waals surface area (Å²) in [5.41, 5.74) is 1.53. The van der Waals surface area contributed by atoms with Gasteiger partial charge in [-0.1, -0.05) is 43.6 Å². The van der Waals surface area contributed by atoms with E-state index in [2.05, 4.69) is 19.2 Å². The standard InChI is InChI=1S/C23H27ClN2O3/c1-15(2)12-25-22(27)21-14-26(23(28)17-7-4-8-18(24)10-17)13-20(21)16-6-5-9-19(11-16)29-3/h4-11,15,20-21H,12-14H2,1-3H3,(H,25,27)/t20-,21+/m1/s1. The average Bonchev–Trinajstić information content (AvgIpc) is 3.17. The van der Waals surface area contributed by atoms with Gasteiger partial charge in [0.1, 0.15) is 5.75 Å². The molecule has 154 valence electrons. The Kier molecular flexibility index (Phi) is 6.80. The predicted molar refractivity (Wildman–Crippen MR) is 114 cm³/mol. The van der Waals surface area contributed by atoms with Gasteiger partial charge >= 0.3 is 0 Å². The number of likely N-dealkylation sites (tertiary alicyclic amines) is 1. The van der Waals surface area contributed by atoms with Crippen LogP contribution in [-0.2, 0) is 4.79 Å². The van der Waals surface area contributed by atoms with Crippen molar-refractivity contribution in [1.29, 1.82) is 0 Å². The highest BCUT2D eigenvalue weighted by molar-refractivity contribution is 6.30. The summed E-state index contributed by atoms with van der Waals surface area (Å²) in [5, 5.41) is 3.55. The zero-order chi connectivity index (χ0) is 21.0. The summed E-state index contributed by atoms with van der Waals surface area (Å²) >= 11 is 6.05. The molecule has 2 aromatic carbocycles. The predicted octanol–water partition coefficient (Wildman–Crippen LogP) is 3.98. The van der Waals surface area contributed by atoms with Crippen LogP contribution in [0.3, 0.4) is 0 Å². The third-order valence-electron chi connectivity index (χ3n) is 5.22. The zero-order valence-electron chi connectivity index (χ0n) is 17.0. The van der Waals surface area contributed by atoms with Crippen molar-refractivity contribution < 1.29 is 14.3 Å². The monoisotopic (exact) mass is 414 g/mol. The van der Waals surface area contributed by atoms with E-state index in [4.69, 9.17) is 16.3 Å². The van der Waals surface area contributed by atoms with Crippen molar-refractivity contribution in [2.45, 2.75) is 19.8 Å². The van der Waals surface area contributed by atoms with Crippen molar-refractivity contribution in [2.24, 2.45) is 11.8 Å². The van der Waals surface area contributed by atoms with Gasteiger partial charge in [-0.25, -0.2) is 0 Å². The summed E-state index contributed by atoms with van der Waals surface area (Å²) in [6.07, 6.45) is 0. The first-order chi connectivity index (χ1) is 13.9. The highest BCUT2D eigenvalue weighted by atomic mass is 35.5. The maximum absolute atomic E-state index is 13.0. The normalized spacial score (nSPS) is 18.7. The Morgan fingerprint density at radius 2 is 1.93 bits per heavy atom. The van der Waals surface area contributed by atoms with E-state index >= 15 is 0 Å². The lowest BCUT2D eigenvalue weighted by atomic mass is 9.88. The van der Waals surface area contributed by atoms with E-state index in [-0.39, 0.29) is 23.7 Å². The fraction of sp³-hybridized carbons (Fsp3) is 0.391. The molecule has 1 aliphatic heterocycles. The topological polar surface area (TPSA) is 58.6 Å². The number of carbonyl (C=O) groups is 2. The second-order valence-corrected chi connectivity index (χ2v) is 8.29. The molecule has 0 saturated carbocycles. The van der Waals surface area contributed by atoms with Gasteiger partial charge in [0.15, 0.2) is 0 Å². The molecular formula is C23H27ClN2O3. The van der Waals surface area contributed by atoms with Gasteiger partial charge in [-0.2, -0.15) is 0 Å². The van der Waals surface area contributed by atoms with Crippen LogP contribution in [0.5, 0.6) is 5.75 Å². The molecule has 6 heteroatoms. The first kappa shape index (κ1) is 21.2. The lowest BCUT2D eigenvalue weighted by molar-refractivity contribution is -0.125. The first-order valence-electron chi connectivity index (χ1n) is 9.85. The molecule has 0 radical (unpaired) electrons. The van der Waals surface area contributed by atoms with E-state index in [1.165, 1.54) is 0 Å². The minimum Gasteiger partial charge on any atom is -0.497 e. The molecule has 0 aliphatic carbocycles. The second kappa shape index (κ2) is 9.31. The molecular weight excluding hydrogens is 388 g/mol. The first-order valence-corrected chi connectivity index (χ1v) is 10.2. The fourth-order valence-electron chi connectivity index (χ4n) is 3.69. The van der Waals surface area contributed by atoms with E-state index in [1.807, 2.05) is 24.3 Å². The number of ether oxygens (including phenoxy) is 1. The summed E-state index contributed by atoms with van der Waals surface area (Å²) in [6.45, 7) is 5.57. The van der Waals surface area contributed by atoms with Gasteiger partial charge in [0.05, 0.1) is 13.0 Å². The maximum atomic E-state index is 13.0. The smallest absolute Gasteiger partial charge is 0.253 e. The number of nitrogens with one attached hydrogen (secondary N) is 1. The molecule has 1 N–H and O–H groups in total. The minimum atomic E-state index is -0.316. The summed E-state index contributed by atoms with van der Waals surface area (Å²) in [4.78, 5) is 27.7. The number of halogens is 1. The summed E-state index contributed by atoms with van der Waals surface area (Å²) in [6, 6.07) is 14.6. The van der Waals surface area contributed by atoms with Crippen LogP contribution in [0.4, 0.5) is 0 Å². The van der Waals surface area contributed by atoms with Crippen LogP contribution >= 0.6 is 11.6 Å². The van der Waals surface area contributed by atoms with Gasteiger partial charge in [0.25, 0.3) is 5.91 Å². The Balaban J connectivity index is 1.86. The van der Waals surface area contributed by atoms with Gasteiger partial charge in [-0.15, -0.1) is 0 Å². The number of benzene rings is 2. The van der Waals surface area contributed by atoms with Gasteiger partial charge in [-0.05, 0) is 41.8 Å². The van der Waals surface area contributed by atoms with E-state index in [9.17, 15) is 9.59 Å². The molecule has 0 bridgehead atoms. The number of carbonyl (C=O) groups excluding carboxylic acids is 2.